The molecule has 0 aliphatic rings. The van der Waals surface area contributed by atoms with Crippen molar-refractivity contribution in [1.29, 1.82) is 0 Å². The molecule has 352 valence electrons. The minimum Gasteiger partial charge on any atom is -0.387 e. The average Bonchev–Trinajstić information content (AvgIpc) is 3.20. The van der Waals surface area contributed by atoms with Crippen molar-refractivity contribution in [3.63, 3.8) is 0 Å². The summed E-state index contributed by atoms with van der Waals surface area (Å²) < 4.78 is 23.5. The maximum absolute atomic E-state index is 12.9. The number of aliphatic hydroxyl groups excluding tert-OH is 1. The number of nitrogens with zero attached hydrogens (tertiary/aromatic N) is 1. The van der Waals surface area contributed by atoms with Gasteiger partial charge in [-0.3, -0.25) is 13.8 Å². The third kappa shape index (κ3) is 44.5. The Kier molecular flexibility index (Phi) is 41.6. The number of hydrogen-bond donors (Lipinski definition) is 3. The van der Waals surface area contributed by atoms with Crippen molar-refractivity contribution >= 4 is 13.7 Å². The number of phosphoric ester groups is 1. The maximum Gasteiger partial charge on any atom is 0.472 e. The van der Waals surface area contributed by atoms with E-state index in [4.69, 9.17) is 9.05 Å². The second-order valence-corrected chi connectivity index (χ2v) is 19.6. The molecule has 60 heavy (non-hydrogen) atoms. The van der Waals surface area contributed by atoms with Crippen LogP contribution in [0.25, 0.3) is 0 Å². The van der Waals surface area contributed by atoms with E-state index >= 15 is 0 Å². The molecule has 0 saturated carbocycles. The van der Waals surface area contributed by atoms with Crippen molar-refractivity contribution in [2.45, 2.75) is 231 Å². The summed E-state index contributed by atoms with van der Waals surface area (Å²) in [5.41, 5.74) is 0. The third-order valence-electron chi connectivity index (χ3n) is 11.0. The van der Waals surface area contributed by atoms with Gasteiger partial charge in [-0.15, -0.1) is 0 Å². The lowest BCUT2D eigenvalue weighted by Crippen LogP contribution is -2.45. The van der Waals surface area contributed by atoms with Gasteiger partial charge in [-0.2, -0.15) is 0 Å². The average molecular weight is 866 g/mol. The smallest absolute Gasteiger partial charge is 0.387 e. The lowest BCUT2D eigenvalue weighted by atomic mass is 10.0. The summed E-state index contributed by atoms with van der Waals surface area (Å²) in [6.45, 7) is 4.74. The molecule has 0 aromatic rings. The van der Waals surface area contributed by atoms with Crippen molar-refractivity contribution in [1.82, 2.24) is 5.32 Å². The topological polar surface area (TPSA) is 105 Å². The zero-order valence-corrected chi connectivity index (χ0v) is 40.8. The Balaban J connectivity index is 4.06. The number of unbranched alkanes of at least 4 members (excludes halogenated alkanes) is 26. The zero-order valence-electron chi connectivity index (χ0n) is 39.9. The Morgan fingerprint density at radius 1 is 0.567 bits per heavy atom. The van der Waals surface area contributed by atoms with Crippen molar-refractivity contribution in [2.75, 3.05) is 40.9 Å². The lowest BCUT2D eigenvalue weighted by Gasteiger charge is -2.25. The number of hydrogen-bond acceptors (Lipinski definition) is 5. The van der Waals surface area contributed by atoms with Crippen molar-refractivity contribution in [3.8, 4) is 0 Å². The van der Waals surface area contributed by atoms with Crippen LogP contribution in [0.5, 0.6) is 0 Å². The molecule has 0 aliphatic carbocycles. The van der Waals surface area contributed by atoms with Crippen molar-refractivity contribution in [2.24, 2.45) is 0 Å². The molecular formula is C51H98N2O6P+. The highest BCUT2D eigenvalue weighted by molar-refractivity contribution is 7.47. The molecule has 0 fully saturated rings. The molecule has 9 heteroatoms. The second-order valence-electron chi connectivity index (χ2n) is 18.2. The van der Waals surface area contributed by atoms with E-state index in [0.29, 0.717) is 17.4 Å². The van der Waals surface area contributed by atoms with Gasteiger partial charge >= 0.3 is 7.82 Å². The monoisotopic (exact) mass is 866 g/mol. The van der Waals surface area contributed by atoms with Gasteiger partial charge in [0.15, 0.2) is 0 Å². The summed E-state index contributed by atoms with van der Waals surface area (Å²) in [4.78, 5) is 23.1. The van der Waals surface area contributed by atoms with Gasteiger partial charge in [-0.25, -0.2) is 4.57 Å². The SMILES string of the molecule is CCCCC/C=C/CC/C=C/C(O)C(COP(=O)(O)OCC[N+](C)(C)C)NC(=O)CCCCCCCCCCCCCCC/C=C\C/C=C\CCCCCCCCCCC. The van der Waals surface area contributed by atoms with E-state index in [1.165, 1.54) is 154 Å². The highest BCUT2D eigenvalue weighted by atomic mass is 31.2. The molecule has 8 nitrogen and oxygen atoms in total. The Morgan fingerprint density at radius 3 is 1.47 bits per heavy atom. The highest BCUT2D eigenvalue weighted by Crippen LogP contribution is 2.43. The van der Waals surface area contributed by atoms with Crippen molar-refractivity contribution in [3.05, 3.63) is 48.6 Å². The van der Waals surface area contributed by atoms with E-state index in [0.717, 1.165) is 44.9 Å². The fourth-order valence-electron chi connectivity index (χ4n) is 7.03. The number of rotatable bonds is 45. The van der Waals surface area contributed by atoms with Crippen LogP contribution >= 0.6 is 7.82 Å². The summed E-state index contributed by atoms with van der Waals surface area (Å²) in [5.74, 6) is -0.191. The maximum atomic E-state index is 12.9. The number of carbonyl (C=O) groups is 1. The van der Waals surface area contributed by atoms with Crippen LogP contribution < -0.4 is 5.32 Å². The molecule has 0 aromatic carbocycles. The fourth-order valence-corrected chi connectivity index (χ4v) is 7.76. The number of carbonyl (C=O) groups excluding carboxylic acids is 1. The Labute approximate surface area is 371 Å². The quantitative estimate of drug-likeness (QED) is 0.0244. The third-order valence-corrected chi connectivity index (χ3v) is 12.0. The van der Waals surface area contributed by atoms with Crippen LogP contribution in [0.3, 0.4) is 0 Å². The number of allylic oxidation sites excluding steroid dienone is 7. The predicted molar refractivity (Wildman–Crippen MR) is 258 cm³/mol. The van der Waals surface area contributed by atoms with Gasteiger partial charge in [0.2, 0.25) is 5.91 Å². The fraction of sp³-hybridized carbons (Fsp3) is 0.824. The van der Waals surface area contributed by atoms with Crippen LogP contribution in [0.15, 0.2) is 48.6 Å². The summed E-state index contributed by atoms with van der Waals surface area (Å²) in [7, 11) is 1.55. The number of aliphatic hydroxyl groups is 1. The summed E-state index contributed by atoms with van der Waals surface area (Å²) in [6.07, 6.45) is 55.1. The first-order valence-electron chi connectivity index (χ1n) is 25.0. The Bertz CT molecular complexity index is 1120. The number of amides is 1. The molecule has 0 aliphatic heterocycles. The van der Waals surface area contributed by atoms with E-state index in [1.54, 1.807) is 6.08 Å². The molecule has 0 bridgehead atoms. The van der Waals surface area contributed by atoms with Crippen LogP contribution in [0.4, 0.5) is 0 Å². The number of quaternary nitrogens is 1. The molecule has 0 heterocycles. The standard InChI is InChI=1S/C51H97N2O6P/c1-6-8-10-12-14-16-17-18-19-20-21-22-23-24-25-26-27-28-29-30-31-32-33-34-35-37-39-41-43-45-51(55)52-49(48-59-60(56,57)58-47-46-53(3,4)5)50(54)44-42-40-38-36-15-13-11-9-7-2/h15,21-22,24-25,36,42,44,49-50,54H,6-14,16-20,23,26-35,37-41,43,45-48H2,1-5H3,(H-,52,55,56,57)/p+1/b22-21-,25-24-,36-15+,44-42+. The van der Waals surface area contributed by atoms with Crippen LogP contribution in [0.1, 0.15) is 219 Å². The van der Waals surface area contributed by atoms with Crippen LogP contribution in [-0.4, -0.2) is 73.4 Å². The molecule has 3 N–H and O–H groups in total. The summed E-state index contributed by atoms with van der Waals surface area (Å²) in [6, 6.07) is -0.862. The molecule has 3 unspecified atom stereocenters. The first kappa shape index (κ1) is 58.5. The first-order valence-corrected chi connectivity index (χ1v) is 26.5. The molecule has 3 atom stereocenters. The number of phosphoric acid groups is 1. The molecule has 0 rings (SSSR count). The molecule has 0 aromatic heterocycles. The van der Waals surface area contributed by atoms with Crippen molar-refractivity contribution < 1.29 is 32.9 Å². The normalized spacial score (nSPS) is 14.6. The molecular weight excluding hydrogens is 768 g/mol. The predicted octanol–water partition coefficient (Wildman–Crippen LogP) is 14.4. The Morgan fingerprint density at radius 2 is 0.967 bits per heavy atom. The van der Waals surface area contributed by atoms with Gasteiger partial charge in [0, 0.05) is 6.42 Å². The zero-order chi connectivity index (χ0) is 44.3. The van der Waals surface area contributed by atoms with Gasteiger partial charge in [-0.05, 0) is 64.2 Å². The molecule has 0 radical (unpaired) electrons. The lowest BCUT2D eigenvalue weighted by molar-refractivity contribution is -0.870. The summed E-state index contributed by atoms with van der Waals surface area (Å²) >= 11 is 0. The largest absolute Gasteiger partial charge is 0.472 e. The van der Waals surface area contributed by atoms with Gasteiger partial charge in [0.05, 0.1) is 39.9 Å². The number of nitrogens with one attached hydrogen (secondary N) is 1. The summed E-state index contributed by atoms with van der Waals surface area (Å²) in [5, 5.41) is 13.7. The highest BCUT2D eigenvalue weighted by Gasteiger charge is 2.27. The number of likely N-dealkylation sites (N-methyl/N-ethyl adjacent to an activating group) is 1. The van der Waals surface area contributed by atoms with Crippen LogP contribution in [0, 0.1) is 0 Å². The van der Waals surface area contributed by atoms with Crippen LogP contribution in [0.2, 0.25) is 0 Å². The van der Waals surface area contributed by atoms with E-state index in [-0.39, 0.29) is 19.1 Å². The van der Waals surface area contributed by atoms with E-state index < -0.39 is 20.0 Å². The van der Waals surface area contributed by atoms with E-state index in [1.807, 2.05) is 27.2 Å². The molecule has 0 spiro atoms. The molecule has 0 saturated heterocycles. The molecule has 1 amide bonds. The van der Waals surface area contributed by atoms with E-state index in [9.17, 15) is 19.4 Å². The Hall–Kier alpha value is -1.54. The van der Waals surface area contributed by atoms with Gasteiger partial charge in [0.25, 0.3) is 0 Å². The minimum absolute atomic E-state index is 0.0549. The minimum atomic E-state index is -4.34. The first-order chi connectivity index (χ1) is 29.0. The van der Waals surface area contributed by atoms with E-state index in [2.05, 4.69) is 55.6 Å². The van der Waals surface area contributed by atoms with Crippen LogP contribution in [-0.2, 0) is 18.4 Å². The second kappa shape index (κ2) is 42.7. The van der Waals surface area contributed by atoms with Gasteiger partial charge < -0.3 is 19.8 Å². The van der Waals surface area contributed by atoms with Gasteiger partial charge in [-0.1, -0.05) is 197 Å². The van der Waals surface area contributed by atoms with Gasteiger partial charge in [0.1, 0.15) is 13.2 Å².